The molecule has 0 aliphatic rings. The lowest BCUT2D eigenvalue weighted by molar-refractivity contribution is 0.196. The number of hydrogen-bond acceptors (Lipinski definition) is 7. The van der Waals surface area contributed by atoms with Crippen LogP contribution in [0, 0.1) is 6.92 Å². The number of nitrogens with zero attached hydrogens (tertiary/aromatic N) is 6. The van der Waals surface area contributed by atoms with E-state index < -0.39 is 12.1 Å². The van der Waals surface area contributed by atoms with Crippen LogP contribution in [0.1, 0.15) is 24.4 Å². The van der Waals surface area contributed by atoms with Crippen molar-refractivity contribution in [2.24, 2.45) is 0 Å². The summed E-state index contributed by atoms with van der Waals surface area (Å²) in [7, 11) is 0. The molecule has 0 saturated carbocycles. The fourth-order valence-corrected chi connectivity index (χ4v) is 2.88. The lowest BCUT2D eigenvalue weighted by Crippen LogP contribution is -2.30. The number of hydrogen-bond donors (Lipinski definition) is 1. The molecule has 150 valence electrons. The highest BCUT2D eigenvalue weighted by Crippen LogP contribution is 2.28. The Hall–Kier alpha value is -4.14. The molecule has 1 amide bonds. The number of amides is 1. The predicted molar refractivity (Wildman–Crippen MR) is 109 cm³/mol. The molecule has 0 aliphatic carbocycles. The Morgan fingerprint density at radius 2 is 1.83 bits per heavy atom. The van der Waals surface area contributed by atoms with Crippen LogP contribution < -0.4 is 10.1 Å². The summed E-state index contributed by atoms with van der Waals surface area (Å²) in [6.45, 7) is 3.81. The van der Waals surface area contributed by atoms with Crippen LogP contribution in [0.15, 0.2) is 67.3 Å². The topological polar surface area (TPSA) is 108 Å². The van der Waals surface area contributed by atoms with E-state index in [9.17, 15) is 4.79 Å². The molecule has 0 bridgehead atoms. The van der Waals surface area contributed by atoms with Gasteiger partial charge >= 0.3 is 6.09 Å². The molecule has 1 unspecified atom stereocenters. The van der Waals surface area contributed by atoms with E-state index in [1.807, 2.05) is 37.3 Å². The molecule has 1 N–H and O–H groups in total. The highest BCUT2D eigenvalue weighted by Gasteiger charge is 2.15. The molecule has 0 spiro atoms. The van der Waals surface area contributed by atoms with Crippen molar-refractivity contribution in [3.8, 4) is 22.6 Å². The third-order valence-corrected chi connectivity index (χ3v) is 4.41. The van der Waals surface area contributed by atoms with Gasteiger partial charge in [-0.25, -0.2) is 19.4 Å². The quantitative estimate of drug-likeness (QED) is 0.547. The van der Waals surface area contributed by atoms with Gasteiger partial charge in [-0.05, 0) is 53.6 Å². The van der Waals surface area contributed by atoms with Gasteiger partial charge in [0.15, 0.2) is 0 Å². The standard InChI is InChI=1S/C21H19N7O2/c1-14-4-6-16(7-5-14)17-10-18(28-13-24-26-27-28)12-19(11-17)30-21(29)25-15(2)20-22-8-3-9-23-20/h3-13,15H,1-2H3,(H,25,29). The number of benzene rings is 2. The zero-order chi connectivity index (χ0) is 20.9. The lowest BCUT2D eigenvalue weighted by atomic mass is 10.0. The average molecular weight is 401 g/mol. The summed E-state index contributed by atoms with van der Waals surface area (Å²) in [5.74, 6) is 0.856. The summed E-state index contributed by atoms with van der Waals surface area (Å²) in [4.78, 5) is 20.7. The van der Waals surface area contributed by atoms with Gasteiger partial charge in [0.2, 0.25) is 0 Å². The molecule has 0 radical (unpaired) electrons. The molecule has 2 heterocycles. The van der Waals surface area contributed by atoms with E-state index in [1.165, 1.54) is 11.0 Å². The van der Waals surface area contributed by atoms with Gasteiger partial charge in [-0.15, -0.1) is 5.10 Å². The second kappa shape index (κ2) is 8.48. The number of tetrazole rings is 1. The summed E-state index contributed by atoms with van der Waals surface area (Å²) in [6.07, 6.45) is 4.11. The zero-order valence-electron chi connectivity index (χ0n) is 16.4. The Morgan fingerprint density at radius 3 is 2.53 bits per heavy atom. The fraction of sp³-hybridized carbons (Fsp3) is 0.143. The first-order valence-corrected chi connectivity index (χ1v) is 9.29. The van der Waals surface area contributed by atoms with Gasteiger partial charge in [-0.1, -0.05) is 29.8 Å². The Balaban J connectivity index is 1.60. The minimum atomic E-state index is -0.612. The minimum Gasteiger partial charge on any atom is -0.410 e. The van der Waals surface area contributed by atoms with Crippen LogP contribution in [0.3, 0.4) is 0 Å². The molecule has 0 aliphatic heterocycles. The van der Waals surface area contributed by atoms with E-state index in [4.69, 9.17) is 4.74 Å². The normalized spacial score (nSPS) is 11.7. The second-order valence-electron chi connectivity index (χ2n) is 6.70. The number of rotatable bonds is 5. The molecule has 30 heavy (non-hydrogen) atoms. The Kier molecular flexibility index (Phi) is 5.42. The van der Waals surface area contributed by atoms with Gasteiger partial charge in [0.25, 0.3) is 0 Å². The number of aryl methyl sites for hydroxylation is 1. The van der Waals surface area contributed by atoms with Gasteiger partial charge in [-0.3, -0.25) is 0 Å². The number of ether oxygens (including phenoxy) is 1. The van der Waals surface area contributed by atoms with Gasteiger partial charge in [0.1, 0.15) is 17.9 Å². The van der Waals surface area contributed by atoms with Crippen LogP contribution in [0.4, 0.5) is 4.79 Å². The Labute approximate surface area is 172 Å². The van der Waals surface area contributed by atoms with Crippen LogP contribution in [0.5, 0.6) is 5.75 Å². The van der Waals surface area contributed by atoms with Crippen LogP contribution in [0.25, 0.3) is 16.8 Å². The van der Waals surface area contributed by atoms with Crippen molar-refractivity contribution in [1.82, 2.24) is 35.5 Å². The monoisotopic (exact) mass is 401 g/mol. The van der Waals surface area contributed by atoms with Crippen molar-refractivity contribution in [1.29, 1.82) is 0 Å². The summed E-state index contributed by atoms with van der Waals surface area (Å²) in [6, 6.07) is 14.8. The minimum absolute atomic E-state index is 0.359. The summed E-state index contributed by atoms with van der Waals surface area (Å²) in [5.41, 5.74) is 3.67. The first kappa shape index (κ1) is 19.2. The van der Waals surface area contributed by atoms with Crippen LogP contribution in [-0.2, 0) is 0 Å². The molecule has 0 fully saturated rings. The predicted octanol–water partition coefficient (Wildman–Crippen LogP) is 3.28. The summed E-state index contributed by atoms with van der Waals surface area (Å²) in [5, 5.41) is 14.0. The highest BCUT2D eigenvalue weighted by atomic mass is 16.6. The van der Waals surface area contributed by atoms with E-state index >= 15 is 0 Å². The van der Waals surface area contributed by atoms with Crippen molar-refractivity contribution in [3.63, 3.8) is 0 Å². The van der Waals surface area contributed by atoms with Crippen molar-refractivity contribution < 1.29 is 9.53 Å². The van der Waals surface area contributed by atoms with E-state index in [-0.39, 0.29) is 0 Å². The Morgan fingerprint density at radius 1 is 1.07 bits per heavy atom. The van der Waals surface area contributed by atoms with Crippen molar-refractivity contribution in [2.75, 3.05) is 0 Å². The molecule has 9 nitrogen and oxygen atoms in total. The van der Waals surface area contributed by atoms with Crippen LogP contribution >= 0.6 is 0 Å². The van der Waals surface area contributed by atoms with Crippen molar-refractivity contribution in [3.05, 3.63) is 78.6 Å². The number of nitrogens with one attached hydrogen (secondary N) is 1. The van der Waals surface area contributed by atoms with Gasteiger partial charge in [0.05, 0.1) is 11.7 Å². The van der Waals surface area contributed by atoms with Crippen molar-refractivity contribution in [2.45, 2.75) is 19.9 Å². The molecular weight excluding hydrogens is 382 g/mol. The van der Waals surface area contributed by atoms with E-state index in [0.717, 1.165) is 16.7 Å². The largest absolute Gasteiger partial charge is 0.413 e. The third-order valence-electron chi connectivity index (χ3n) is 4.41. The van der Waals surface area contributed by atoms with Gasteiger partial charge in [-0.2, -0.15) is 0 Å². The first-order valence-electron chi connectivity index (χ1n) is 9.29. The molecule has 2 aromatic heterocycles. The van der Waals surface area contributed by atoms with Crippen LogP contribution in [0.2, 0.25) is 0 Å². The SMILES string of the molecule is Cc1ccc(-c2cc(OC(=O)NC(C)c3ncccn3)cc(-n3cnnn3)c2)cc1. The second-order valence-corrected chi connectivity index (χ2v) is 6.70. The first-order chi connectivity index (χ1) is 14.6. The lowest BCUT2D eigenvalue weighted by Gasteiger charge is -2.14. The van der Waals surface area contributed by atoms with Gasteiger partial charge < -0.3 is 10.1 Å². The molecule has 4 rings (SSSR count). The molecule has 4 aromatic rings. The number of carbonyl (C=O) groups excluding carboxylic acids is 1. The number of carbonyl (C=O) groups is 1. The molecule has 2 aromatic carbocycles. The third kappa shape index (κ3) is 4.46. The maximum atomic E-state index is 12.5. The Bertz CT molecular complexity index is 1130. The number of aromatic nitrogens is 6. The van der Waals surface area contributed by atoms with E-state index in [0.29, 0.717) is 17.3 Å². The zero-order valence-corrected chi connectivity index (χ0v) is 16.4. The molecule has 1 atom stereocenters. The highest BCUT2D eigenvalue weighted by molar-refractivity contribution is 5.74. The van der Waals surface area contributed by atoms with E-state index in [2.05, 4.69) is 30.8 Å². The molecule has 9 heteroatoms. The average Bonchev–Trinajstić information content (AvgIpc) is 3.29. The smallest absolute Gasteiger partial charge is 0.410 e. The maximum absolute atomic E-state index is 12.5. The van der Waals surface area contributed by atoms with Gasteiger partial charge in [0, 0.05) is 18.5 Å². The van der Waals surface area contributed by atoms with Crippen molar-refractivity contribution >= 4 is 6.09 Å². The molecular formula is C21H19N7O2. The molecule has 0 saturated heterocycles. The fourth-order valence-electron chi connectivity index (χ4n) is 2.88. The summed E-state index contributed by atoms with van der Waals surface area (Å²) >= 11 is 0. The summed E-state index contributed by atoms with van der Waals surface area (Å²) < 4.78 is 7.05. The maximum Gasteiger partial charge on any atom is 0.413 e. The van der Waals surface area contributed by atoms with Crippen LogP contribution in [-0.4, -0.2) is 36.3 Å². The van der Waals surface area contributed by atoms with E-state index in [1.54, 1.807) is 37.5 Å².